The van der Waals surface area contributed by atoms with E-state index >= 15 is 0 Å². The number of nitrogens with two attached hydrogens (primary N) is 3. The van der Waals surface area contributed by atoms with E-state index in [1.165, 1.54) is 24.4 Å². The molecule has 0 aliphatic carbocycles. The zero-order valence-corrected chi connectivity index (χ0v) is 38.9. The van der Waals surface area contributed by atoms with Gasteiger partial charge in [0, 0.05) is 43.2 Å². The zero-order valence-electron chi connectivity index (χ0n) is 38.9. The Labute approximate surface area is 386 Å². The van der Waals surface area contributed by atoms with Crippen molar-refractivity contribution in [1.82, 2.24) is 26.2 Å². The molecule has 350 valence electrons. The van der Waals surface area contributed by atoms with Crippen LogP contribution in [0.1, 0.15) is 78.3 Å². The molecule has 4 atom stereocenters. The first-order valence-electron chi connectivity index (χ1n) is 22.1. The lowest BCUT2D eigenvalue weighted by Crippen LogP contribution is -2.56. The number of hydrogen-bond donors (Lipinski definition) is 7. The maximum absolute atomic E-state index is 14.8. The van der Waals surface area contributed by atoms with Crippen LogP contribution < -0.4 is 47.9 Å². The molecule has 1 unspecified atom stereocenters. The molecule has 0 saturated carbocycles. The molecule has 5 rings (SSSR count). The maximum Gasteiger partial charge on any atom is 0.252 e. The number of likely N-dealkylation sites (N-methyl/N-ethyl adjacent to an activating group) is 1. The van der Waals surface area contributed by atoms with Gasteiger partial charge in [0.15, 0.2) is 0 Å². The average Bonchev–Trinajstić information content (AvgIpc) is 3.28. The number of nitrogens with one attached hydrogen (secondary N) is 4. The first-order chi connectivity index (χ1) is 31.4. The van der Waals surface area contributed by atoms with Crippen LogP contribution in [0.4, 0.5) is 0 Å². The Hall–Kier alpha value is -6.80. The highest BCUT2D eigenvalue weighted by Gasteiger charge is 2.36. The molecule has 4 bridgehead atoms. The SMILES string of the molecule is Cc1cc(-c2ccc(C(C)(C)C)cc2)cc(C)c1C(=O)NC(CCN)C(=O)N(C)[C@@H]1C(=O)N[C@@H](C)C(=O)N[C@H](C(=O)NCC#N)Cc2ccc(OCCN)c(c2)-c2cc1ccc2OCCN. The highest BCUT2D eigenvalue weighted by molar-refractivity contribution is 6.01. The molecule has 0 saturated heterocycles. The number of carbonyl (C=O) groups excluding carboxylic acids is 5. The van der Waals surface area contributed by atoms with Gasteiger partial charge >= 0.3 is 0 Å². The quantitative estimate of drug-likeness (QED) is 0.0851. The van der Waals surface area contributed by atoms with Crippen LogP contribution in [-0.4, -0.2) is 99.0 Å². The largest absolute Gasteiger partial charge is 0.492 e. The Morgan fingerprint density at radius 3 is 2.02 bits per heavy atom. The highest BCUT2D eigenvalue weighted by atomic mass is 16.5. The molecule has 5 amide bonds. The molecule has 4 aromatic rings. The minimum Gasteiger partial charge on any atom is -0.492 e. The summed E-state index contributed by atoms with van der Waals surface area (Å²) >= 11 is 0. The fraction of sp³-hybridized carbons (Fsp3) is 0.400. The van der Waals surface area contributed by atoms with Crippen molar-refractivity contribution in [2.24, 2.45) is 17.2 Å². The van der Waals surface area contributed by atoms with E-state index in [0.29, 0.717) is 50.4 Å². The molecule has 16 nitrogen and oxygen atoms in total. The number of benzene rings is 4. The third-order valence-electron chi connectivity index (χ3n) is 11.5. The lowest BCUT2D eigenvalue weighted by Gasteiger charge is -2.32. The summed E-state index contributed by atoms with van der Waals surface area (Å²) in [7, 11) is 1.44. The van der Waals surface area contributed by atoms with E-state index in [1.54, 1.807) is 36.4 Å². The molecule has 4 aromatic carbocycles. The van der Waals surface area contributed by atoms with Gasteiger partial charge < -0.3 is 52.8 Å². The van der Waals surface area contributed by atoms with Gasteiger partial charge in [0.2, 0.25) is 23.6 Å². The standard InChI is InChI=1S/C50H63N9O7/c1-29-24-35(33-9-12-36(13-10-33)50(4,5)6)25-30(2)43(29)47(62)57-39(16-17-51)49(64)59(7)44-34-11-15-42(66-23-20-54)38(28-34)37-26-32(8-14-41(37)65-22-19-53)27-40(46(61)55-21-18-52)58-45(60)31(3)56-48(44)63/h8-15,24-26,28,31,39-40,44H,16-17,19-23,27,51,53-54H2,1-7H3,(H,55,61)(H,56,63)(H,57,62)(H,58,60)/t31-,39?,40-,44-/m0/s1. The van der Waals surface area contributed by atoms with Gasteiger partial charge in [0.1, 0.15) is 55.4 Å². The summed E-state index contributed by atoms with van der Waals surface area (Å²) < 4.78 is 12.2. The number of nitrogens with zero attached hydrogens (tertiary/aromatic N) is 2. The van der Waals surface area contributed by atoms with E-state index in [0.717, 1.165) is 11.1 Å². The third kappa shape index (κ3) is 12.1. The second-order valence-electron chi connectivity index (χ2n) is 17.5. The van der Waals surface area contributed by atoms with Gasteiger partial charge in [-0.3, -0.25) is 24.0 Å². The number of aryl methyl sites for hydroxylation is 2. The smallest absolute Gasteiger partial charge is 0.252 e. The summed E-state index contributed by atoms with van der Waals surface area (Å²) in [6, 6.07) is 19.4. The highest BCUT2D eigenvalue weighted by Crippen LogP contribution is 2.40. The summed E-state index contributed by atoms with van der Waals surface area (Å²) in [6.07, 6.45) is 0.0502. The number of ether oxygens (including phenoxy) is 2. The van der Waals surface area contributed by atoms with Crippen LogP contribution >= 0.6 is 0 Å². The first-order valence-corrected chi connectivity index (χ1v) is 22.1. The van der Waals surface area contributed by atoms with E-state index in [-0.39, 0.29) is 57.6 Å². The Balaban J connectivity index is 1.57. The van der Waals surface area contributed by atoms with E-state index in [9.17, 15) is 29.2 Å². The molecule has 66 heavy (non-hydrogen) atoms. The molecular weight excluding hydrogens is 839 g/mol. The monoisotopic (exact) mass is 901 g/mol. The van der Waals surface area contributed by atoms with Gasteiger partial charge in [-0.05, 0) is 102 Å². The number of nitriles is 1. The fourth-order valence-electron chi connectivity index (χ4n) is 8.01. The van der Waals surface area contributed by atoms with Gasteiger partial charge in [-0.1, -0.05) is 69.3 Å². The van der Waals surface area contributed by atoms with Gasteiger partial charge in [-0.15, -0.1) is 0 Å². The molecule has 0 fully saturated rings. The molecule has 0 spiro atoms. The fourth-order valence-corrected chi connectivity index (χ4v) is 8.01. The molecule has 0 aromatic heterocycles. The minimum absolute atomic E-state index is 0.00323. The minimum atomic E-state index is -1.38. The van der Waals surface area contributed by atoms with Crippen molar-refractivity contribution in [2.45, 2.75) is 84.0 Å². The summed E-state index contributed by atoms with van der Waals surface area (Å²) in [6.45, 7) is 12.0. The molecular formula is C50H63N9O7. The predicted molar refractivity (Wildman–Crippen MR) is 253 cm³/mol. The average molecular weight is 902 g/mol. The van der Waals surface area contributed by atoms with Crippen LogP contribution in [0.3, 0.4) is 0 Å². The van der Waals surface area contributed by atoms with Crippen LogP contribution in [0.5, 0.6) is 11.5 Å². The van der Waals surface area contributed by atoms with Crippen LogP contribution in [-0.2, 0) is 31.0 Å². The number of carbonyl (C=O) groups is 5. The summed E-state index contributed by atoms with van der Waals surface area (Å²) in [5.41, 5.74) is 24.6. The van der Waals surface area contributed by atoms with Crippen molar-refractivity contribution in [3.63, 3.8) is 0 Å². The van der Waals surface area contributed by atoms with Crippen molar-refractivity contribution < 1.29 is 33.4 Å². The van der Waals surface area contributed by atoms with Gasteiger partial charge in [0.25, 0.3) is 5.91 Å². The molecule has 0 radical (unpaired) electrons. The van der Waals surface area contributed by atoms with Crippen molar-refractivity contribution in [3.8, 4) is 39.8 Å². The first kappa shape index (κ1) is 50.2. The van der Waals surface area contributed by atoms with Gasteiger partial charge in [-0.2, -0.15) is 5.26 Å². The Morgan fingerprint density at radius 2 is 1.44 bits per heavy atom. The van der Waals surface area contributed by atoms with Crippen LogP contribution in [0.15, 0.2) is 72.8 Å². The van der Waals surface area contributed by atoms with Gasteiger partial charge in [-0.25, -0.2) is 0 Å². The number of amides is 5. The number of fused-ring (bicyclic) bond motifs is 5. The van der Waals surface area contributed by atoms with E-state index in [1.807, 2.05) is 32.0 Å². The lowest BCUT2D eigenvalue weighted by atomic mass is 9.86. The molecule has 1 heterocycles. The van der Waals surface area contributed by atoms with E-state index in [4.69, 9.17) is 26.7 Å². The normalized spacial score (nSPS) is 16.7. The Bertz CT molecular complexity index is 2440. The Kier molecular flexibility index (Phi) is 17.0. The van der Waals surface area contributed by atoms with Crippen LogP contribution in [0.2, 0.25) is 0 Å². The van der Waals surface area contributed by atoms with Crippen molar-refractivity contribution in [1.29, 1.82) is 5.26 Å². The second kappa shape index (κ2) is 22.4. The second-order valence-corrected chi connectivity index (χ2v) is 17.5. The number of hydrogen-bond acceptors (Lipinski definition) is 11. The molecule has 16 heteroatoms. The molecule has 10 N–H and O–H groups in total. The predicted octanol–water partition coefficient (Wildman–Crippen LogP) is 3.44. The molecule has 1 aliphatic rings. The summed E-state index contributed by atoms with van der Waals surface area (Å²) in [5.74, 6) is -2.35. The molecule has 1 aliphatic heterocycles. The van der Waals surface area contributed by atoms with Crippen molar-refractivity contribution >= 4 is 29.5 Å². The van der Waals surface area contributed by atoms with E-state index < -0.39 is 53.7 Å². The summed E-state index contributed by atoms with van der Waals surface area (Å²) in [5, 5.41) is 20.0. The zero-order chi connectivity index (χ0) is 48.3. The Morgan fingerprint density at radius 1 is 0.833 bits per heavy atom. The van der Waals surface area contributed by atoms with Gasteiger partial charge in [0.05, 0.1) is 6.07 Å². The van der Waals surface area contributed by atoms with Crippen LogP contribution in [0.25, 0.3) is 22.3 Å². The third-order valence-corrected chi connectivity index (χ3v) is 11.5. The number of rotatable bonds is 15. The van der Waals surface area contributed by atoms with Crippen molar-refractivity contribution in [2.75, 3.05) is 46.4 Å². The maximum atomic E-state index is 14.8. The van der Waals surface area contributed by atoms with Crippen LogP contribution in [0, 0.1) is 25.2 Å². The lowest BCUT2D eigenvalue weighted by molar-refractivity contribution is -0.141. The summed E-state index contributed by atoms with van der Waals surface area (Å²) in [4.78, 5) is 71.9. The topological polar surface area (TPSA) is 257 Å². The van der Waals surface area contributed by atoms with Crippen molar-refractivity contribution in [3.05, 3.63) is 106 Å². The van der Waals surface area contributed by atoms with E-state index in [2.05, 4.69) is 66.3 Å².